The molecule has 0 saturated heterocycles. The zero-order chi connectivity index (χ0) is 11.0. The van der Waals surface area contributed by atoms with Gasteiger partial charge >= 0.3 is 0 Å². The second kappa shape index (κ2) is 7.04. The molecule has 14 heavy (non-hydrogen) atoms. The summed E-state index contributed by atoms with van der Waals surface area (Å²) in [6, 6.07) is 0. The van der Waals surface area contributed by atoms with E-state index < -0.39 is 9.84 Å². The van der Waals surface area contributed by atoms with Crippen LogP contribution in [0.2, 0.25) is 0 Å². The van der Waals surface area contributed by atoms with Gasteiger partial charge in [0.1, 0.15) is 0 Å². The molecule has 84 valence electrons. The van der Waals surface area contributed by atoms with Gasteiger partial charge in [0.2, 0.25) is 0 Å². The van der Waals surface area contributed by atoms with Crippen LogP contribution in [0, 0.1) is 0 Å². The van der Waals surface area contributed by atoms with Gasteiger partial charge in [-0.05, 0) is 13.3 Å². The molecule has 0 aliphatic heterocycles. The highest BCUT2D eigenvalue weighted by atomic mass is 32.2. The Hall–Kier alpha value is -0.310. The van der Waals surface area contributed by atoms with Crippen molar-refractivity contribution in [2.75, 3.05) is 5.75 Å². The van der Waals surface area contributed by atoms with Gasteiger partial charge in [-0.15, -0.1) is 6.58 Å². The van der Waals surface area contributed by atoms with Gasteiger partial charge in [0, 0.05) is 0 Å². The van der Waals surface area contributed by atoms with E-state index in [0.29, 0.717) is 0 Å². The minimum atomic E-state index is -2.92. The summed E-state index contributed by atoms with van der Waals surface area (Å²) in [6.07, 6.45) is 6.81. The minimum Gasteiger partial charge on any atom is -0.228 e. The predicted molar refractivity (Wildman–Crippen MR) is 62.2 cm³/mol. The van der Waals surface area contributed by atoms with Gasteiger partial charge in [0.25, 0.3) is 0 Å². The number of unbranched alkanes of at least 4 members (excludes halogenated alkanes) is 3. The van der Waals surface area contributed by atoms with E-state index >= 15 is 0 Å². The molecule has 1 atom stereocenters. The number of hydrogen-bond donors (Lipinski definition) is 0. The highest BCUT2D eigenvalue weighted by Crippen LogP contribution is 2.12. The van der Waals surface area contributed by atoms with Crippen molar-refractivity contribution in [2.24, 2.45) is 0 Å². The molecule has 0 N–H and O–H groups in total. The fourth-order valence-electron chi connectivity index (χ4n) is 1.37. The van der Waals surface area contributed by atoms with Crippen LogP contribution in [0.25, 0.3) is 0 Å². The molecule has 0 aliphatic rings. The van der Waals surface area contributed by atoms with Crippen molar-refractivity contribution < 1.29 is 8.42 Å². The molecule has 0 aliphatic carbocycles. The quantitative estimate of drug-likeness (QED) is 0.463. The average molecular weight is 218 g/mol. The average Bonchev–Trinajstić information content (AvgIpc) is 2.12. The second-order valence-electron chi connectivity index (χ2n) is 3.78. The van der Waals surface area contributed by atoms with Crippen LogP contribution in [0.4, 0.5) is 0 Å². The summed E-state index contributed by atoms with van der Waals surface area (Å²) in [5.41, 5.74) is 0. The van der Waals surface area contributed by atoms with Crippen molar-refractivity contribution in [2.45, 2.75) is 51.2 Å². The minimum absolute atomic E-state index is 0.113. The zero-order valence-corrected chi connectivity index (χ0v) is 10.1. The van der Waals surface area contributed by atoms with E-state index in [0.717, 1.165) is 19.3 Å². The summed E-state index contributed by atoms with van der Waals surface area (Å²) in [5, 5.41) is -0.211. The molecule has 0 amide bonds. The van der Waals surface area contributed by atoms with Crippen molar-refractivity contribution in [1.29, 1.82) is 0 Å². The first kappa shape index (κ1) is 13.7. The molecule has 0 bridgehead atoms. The van der Waals surface area contributed by atoms with E-state index in [4.69, 9.17) is 0 Å². The Labute approximate surface area is 88.3 Å². The molecule has 0 fully saturated rings. The van der Waals surface area contributed by atoms with Gasteiger partial charge in [0.15, 0.2) is 9.84 Å². The van der Waals surface area contributed by atoms with Crippen molar-refractivity contribution in [1.82, 2.24) is 0 Å². The monoisotopic (exact) mass is 218 g/mol. The van der Waals surface area contributed by atoms with E-state index in [1.54, 1.807) is 6.92 Å². The molecule has 3 heteroatoms. The summed E-state index contributed by atoms with van der Waals surface area (Å²) >= 11 is 0. The lowest BCUT2D eigenvalue weighted by atomic mass is 10.1. The number of hydrogen-bond acceptors (Lipinski definition) is 2. The third-order valence-corrected chi connectivity index (χ3v) is 4.59. The zero-order valence-electron chi connectivity index (χ0n) is 9.33. The summed E-state index contributed by atoms with van der Waals surface area (Å²) in [7, 11) is -2.92. The van der Waals surface area contributed by atoms with Gasteiger partial charge in [0.05, 0.1) is 11.0 Å². The largest absolute Gasteiger partial charge is 0.228 e. The standard InChI is InChI=1S/C11H22O2S/c1-4-6-7-8-9-11(3)14(12,13)10-5-2/h5,11H,2,4,6-10H2,1,3H3. The van der Waals surface area contributed by atoms with Crippen LogP contribution in [0.15, 0.2) is 12.7 Å². The highest BCUT2D eigenvalue weighted by molar-refractivity contribution is 7.92. The maximum Gasteiger partial charge on any atom is 0.156 e. The topological polar surface area (TPSA) is 34.1 Å². The molecular formula is C11H22O2S. The Kier molecular flexibility index (Phi) is 6.89. The van der Waals surface area contributed by atoms with Gasteiger partial charge < -0.3 is 0 Å². The number of rotatable bonds is 8. The molecule has 0 heterocycles. The Balaban J connectivity index is 3.83. The lowest BCUT2D eigenvalue weighted by Crippen LogP contribution is -2.19. The molecule has 0 radical (unpaired) electrons. The fraction of sp³-hybridized carbons (Fsp3) is 0.818. The first-order valence-electron chi connectivity index (χ1n) is 5.37. The molecule has 0 saturated carbocycles. The van der Waals surface area contributed by atoms with Crippen molar-refractivity contribution in [3.8, 4) is 0 Å². The molecule has 0 spiro atoms. The predicted octanol–water partition coefficient (Wildman–Crippen LogP) is 2.95. The first-order valence-corrected chi connectivity index (χ1v) is 7.08. The van der Waals surface area contributed by atoms with Crippen molar-refractivity contribution >= 4 is 9.84 Å². The van der Waals surface area contributed by atoms with Crippen LogP contribution < -0.4 is 0 Å². The Bertz CT molecular complexity index is 242. The van der Waals surface area contributed by atoms with Crippen molar-refractivity contribution in [3.63, 3.8) is 0 Å². The van der Waals surface area contributed by atoms with Crippen molar-refractivity contribution in [3.05, 3.63) is 12.7 Å². The van der Waals surface area contributed by atoms with E-state index in [1.807, 2.05) is 0 Å². The summed E-state index contributed by atoms with van der Waals surface area (Å²) in [5.74, 6) is 0.113. The third-order valence-electron chi connectivity index (χ3n) is 2.43. The van der Waals surface area contributed by atoms with E-state index in [-0.39, 0.29) is 11.0 Å². The second-order valence-corrected chi connectivity index (χ2v) is 6.24. The number of sulfone groups is 1. The molecule has 0 rings (SSSR count). The maximum absolute atomic E-state index is 11.5. The van der Waals surface area contributed by atoms with E-state index in [9.17, 15) is 8.42 Å². The lowest BCUT2D eigenvalue weighted by molar-refractivity contribution is 0.565. The molecule has 1 unspecified atom stereocenters. The van der Waals surface area contributed by atoms with Gasteiger partial charge in [-0.3, -0.25) is 0 Å². The van der Waals surface area contributed by atoms with Gasteiger partial charge in [-0.2, -0.15) is 0 Å². The van der Waals surface area contributed by atoms with E-state index in [2.05, 4.69) is 13.5 Å². The van der Waals surface area contributed by atoms with Crippen LogP contribution in [-0.2, 0) is 9.84 Å². The normalized spacial score (nSPS) is 13.9. The third kappa shape index (κ3) is 5.43. The van der Waals surface area contributed by atoms with Crippen LogP contribution in [0.5, 0.6) is 0 Å². The molecule has 2 nitrogen and oxygen atoms in total. The van der Waals surface area contributed by atoms with Crippen LogP contribution in [0.1, 0.15) is 46.0 Å². The van der Waals surface area contributed by atoms with E-state index in [1.165, 1.54) is 18.9 Å². The Morgan fingerprint density at radius 3 is 2.43 bits per heavy atom. The molecule has 0 aromatic carbocycles. The maximum atomic E-state index is 11.5. The molecular weight excluding hydrogens is 196 g/mol. The SMILES string of the molecule is C=CCS(=O)(=O)C(C)CCCCCC. The summed E-state index contributed by atoms with van der Waals surface area (Å²) < 4.78 is 23.0. The lowest BCUT2D eigenvalue weighted by Gasteiger charge is -2.10. The Morgan fingerprint density at radius 2 is 1.93 bits per heavy atom. The smallest absolute Gasteiger partial charge is 0.156 e. The van der Waals surface area contributed by atoms with Crippen LogP contribution >= 0.6 is 0 Å². The highest BCUT2D eigenvalue weighted by Gasteiger charge is 2.17. The van der Waals surface area contributed by atoms with Crippen LogP contribution in [-0.4, -0.2) is 19.4 Å². The fourth-order valence-corrected chi connectivity index (χ4v) is 2.55. The summed E-state index contributed by atoms with van der Waals surface area (Å²) in [4.78, 5) is 0. The first-order chi connectivity index (χ1) is 6.54. The van der Waals surface area contributed by atoms with Gasteiger partial charge in [-0.25, -0.2) is 8.42 Å². The molecule has 0 aromatic heterocycles. The summed E-state index contributed by atoms with van der Waals surface area (Å²) in [6.45, 7) is 7.41. The van der Waals surface area contributed by atoms with Crippen LogP contribution in [0.3, 0.4) is 0 Å². The molecule has 0 aromatic rings. The van der Waals surface area contributed by atoms with Gasteiger partial charge in [-0.1, -0.05) is 38.7 Å². The Morgan fingerprint density at radius 1 is 1.29 bits per heavy atom.